The Morgan fingerprint density at radius 2 is 0.489 bits per heavy atom. The molecule has 0 unspecified atom stereocenters. The van der Waals surface area contributed by atoms with Crippen molar-refractivity contribution in [1.29, 1.82) is 0 Å². The summed E-state index contributed by atoms with van der Waals surface area (Å²) in [6.45, 7) is 0. The molecule has 0 fully saturated rings. The molecule has 21 heteroatoms. The van der Waals surface area contributed by atoms with Crippen LogP contribution in [0.5, 0.6) is 69.0 Å². The van der Waals surface area contributed by atoms with Crippen molar-refractivity contribution < 1.29 is 86.5 Å². The highest BCUT2D eigenvalue weighted by Gasteiger charge is 2.44. The molecule has 45 heavy (non-hydrogen) atoms. The van der Waals surface area contributed by atoms with Gasteiger partial charge in [0.1, 0.15) is 14.7 Å². The third kappa shape index (κ3) is 4.56. The lowest BCUT2D eigenvalue weighted by Crippen LogP contribution is -2.13. The van der Waals surface area contributed by atoms with Gasteiger partial charge in [-0.15, -0.1) is 0 Å². The Labute approximate surface area is 250 Å². The number of rotatable bonds is 6. The molecule has 4 aromatic rings. The second kappa shape index (κ2) is 10.2. The molecule has 12 N–H and O–H groups in total. The number of phenols is 12. The summed E-state index contributed by atoms with van der Waals surface area (Å²) < 4.78 is 81.9. The maximum absolute atomic E-state index is 13.6. The van der Waals surface area contributed by atoms with Crippen LogP contribution in [-0.2, 0) is 29.5 Å². The van der Waals surface area contributed by atoms with Gasteiger partial charge < -0.3 is 61.3 Å². The van der Waals surface area contributed by atoms with Crippen molar-refractivity contribution in [3.63, 3.8) is 0 Å². The monoisotopic (exact) mass is 690 g/mol. The molecular weight excluding hydrogens is 672 g/mol. The summed E-state index contributed by atoms with van der Waals surface area (Å²) in [5.74, 6) is -19.2. The van der Waals surface area contributed by atoms with Gasteiger partial charge in [0.15, 0.2) is 66.4 Å². The van der Waals surface area contributed by atoms with Crippen molar-refractivity contribution in [3.8, 4) is 69.0 Å². The van der Waals surface area contributed by atoms with Crippen molar-refractivity contribution in [2.75, 3.05) is 0 Å². The molecule has 0 saturated heterocycles. The van der Waals surface area contributed by atoms with Gasteiger partial charge in [0.25, 0.3) is 0 Å². The first-order valence-corrected chi connectivity index (χ1v) is 15.8. The lowest BCUT2D eigenvalue weighted by molar-refractivity contribution is 0.358. The van der Waals surface area contributed by atoms with Crippen molar-refractivity contribution in [3.05, 3.63) is 36.4 Å². The average Bonchev–Trinajstić information content (AvgIpc) is 2.92. The molecule has 18 nitrogen and oxygen atoms in total. The predicted octanol–water partition coefficient (Wildman–Crippen LogP) is 0.652. The molecule has 0 radical (unpaired) electrons. The minimum Gasteiger partial charge on any atom is -0.505 e. The van der Waals surface area contributed by atoms with E-state index in [-0.39, 0.29) is 0 Å². The van der Waals surface area contributed by atoms with E-state index in [2.05, 4.69) is 0 Å². The van der Waals surface area contributed by atoms with Crippen LogP contribution in [-0.4, -0.2) is 86.5 Å². The third-order valence-electron chi connectivity index (χ3n) is 6.24. The SMILES string of the molecule is O=S(=O)(c1ccc(O)c(O)c1O)c1c(O)c(S(=O)(=O)c2ccc(O)c(O)c2O)c(O)c(S(=O)(=O)c2ccc(O)c(O)c2O)c1O. The highest BCUT2D eigenvalue weighted by atomic mass is 32.2. The van der Waals surface area contributed by atoms with Crippen LogP contribution in [0.15, 0.2) is 65.8 Å². The van der Waals surface area contributed by atoms with Crippen LogP contribution in [0.4, 0.5) is 0 Å². The molecule has 0 atom stereocenters. The topological polar surface area (TPSA) is 345 Å². The fourth-order valence-corrected chi connectivity index (χ4v) is 8.83. The number of benzene rings is 4. The maximum Gasteiger partial charge on any atom is 0.217 e. The highest BCUT2D eigenvalue weighted by molar-refractivity contribution is 7.93. The second-order valence-corrected chi connectivity index (χ2v) is 14.4. The molecule has 0 heterocycles. The Bertz CT molecular complexity index is 2000. The van der Waals surface area contributed by atoms with E-state index < -0.39 is 128 Å². The van der Waals surface area contributed by atoms with Crippen molar-refractivity contribution in [2.24, 2.45) is 0 Å². The predicted molar refractivity (Wildman–Crippen MR) is 142 cm³/mol. The minimum atomic E-state index is -5.83. The molecule has 0 aliphatic rings. The molecule has 4 rings (SSSR count). The molecule has 0 aliphatic carbocycles. The van der Waals surface area contributed by atoms with E-state index in [0.717, 1.165) is 0 Å². The molecule has 4 aromatic carbocycles. The number of phenolic OH excluding ortho intramolecular Hbond substituents is 12. The van der Waals surface area contributed by atoms with Crippen LogP contribution < -0.4 is 0 Å². The lowest BCUT2D eigenvalue weighted by atomic mass is 10.3. The lowest BCUT2D eigenvalue weighted by Gasteiger charge is -2.20. The van der Waals surface area contributed by atoms with E-state index in [1.54, 1.807) is 0 Å². The van der Waals surface area contributed by atoms with Gasteiger partial charge in [-0.05, 0) is 36.4 Å². The summed E-state index contributed by atoms with van der Waals surface area (Å²) in [5, 5.41) is 122. The molecular formula is C24H18O18S3. The average molecular weight is 691 g/mol. The fourth-order valence-electron chi connectivity index (χ4n) is 4.04. The van der Waals surface area contributed by atoms with Crippen LogP contribution in [0.3, 0.4) is 0 Å². The maximum atomic E-state index is 13.6. The smallest absolute Gasteiger partial charge is 0.217 e. The summed E-state index contributed by atoms with van der Waals surface area (Å²) >= 11 is 0. The molecule has 0 saturated carbocycles. The van der Waals surface area contributed by atoms with E-state index >= 15 is 0 Å². The van der Waals surface area contributed by atoms with Gasteiger partial charge >= 0.3 is 0 Å². The number of aromatic hydroxyl groups is 12. The zero-order valence-corrected chi connectivity index (χ0v) is 24.0. The van der Waals surface area contributed by atoms with Crippen LogP contribution >= 0.6 is 0 Å². The largest absolute Gasteiger partial charge is 0.505 e. The highest BCUT2D eigenvalue weighted by Crippen LogP contribution is 2.56. The molecule has 0 spiro atoms. The summed E-state index contributed by atoms with van der Waals surface area (Å²) in [6, 6.07) is 2.51. The zero-order valence-electron chi connectivity index (χ0n) is 21.5. The van der Waals surface area contributed by atoms with Crippen molar-refractivity contribution in [1.82, 2.24) is 0 Å². The zero-order chi connectivity index (χ0) is 34.1. The standard InChI is InChI=1S/C24H18O18S3/c25-7-1-4-10(16(31)13(7)28)43(37,38)22-19(34)23(44(39,40)11-5-2-8(26)14(29)17(11)32)21(36)24(20(22)35)45(41,42)12-6-3-9(27)15(30)18(12)33/h1-6,25-36H. The fraction of sp³-hybridized carbons (Fsp3) is 0. The van der Waals surface area contributed by atoms with Crippen LogP contribution in [0.25, 0.3) is 0 Å². The van der Waals surface area contributed by atoms with Gasteiger partial charge in [-0.2, -0.15) is 0 Å². The second-order valence-electron chi connectivity index (χ2n) is 8.88. The van der Waals surface area contributed by atoms with Crippen molar-refractivity contribution >= 4 is 29.5 Å². The van der Waals surface area contributed by atoms with E-state index in [0.29, 0.717) is 36.4 Å². The van der Waals surface area contributed by atoms with Gasteiger partial charge in [0.2, 0.25) is 46.8 Å². The summed E-state index contributed by atoms with van der Waals surface area (Å²) in [6.07, 6.45) is 0. The van der Waals surface area contributed by atoms with Crippen LogP contribution in [0.2, 0.25) is 0 Å². The van der Waals surface area contributed by atoms with Gasteiger partial charge in [0.05, 0.1) is 0 Å². The van der Waals surface area contributed by atoms with E-state index in [9.17, 15) is 86.5 Å². The quantitative estimate of drug-likeness (QED) is 0.123. The molecule has 0 amide bonds. The first-order valence-electron chi connectivity index (χ1n) is 11.4. The first kappa shape index (κ1) is 32.2. The molecule has 0 bridgehead atoms. The Morgan fingerprint density at radius 3 is 0.689 bits per heavy atom. The number of hydrogen-bond donors (Lipinski definition) is 12. The van der Waals surface area contributed by atoms with Gasteiger partial charge in [-0.25, -0.2) is 25.3 Å². The first-order chi connectivity index (χ1) is 20.6. The van der Waals surface area contributed by atoms with E-state index in [1.807, 2.05) is 0 Å². The Kier molecular flexibility index (Phi) is 7.32. The molecule has 0 aromatic heterocycles. The van der Waals surface area contributed by atoms with Crippen LogP contribution in [0.1, 0.15) is 0 Å². The summed E-state index contributed by atoms with van der Waals surface area (Å²) in [5.41, 5.74) is 0. The van der Waals surface area contributed by atoms with Crippen molar-refractivity contribution in [2.45, 2.75) is 29.4 Å². The Morgan fingerprint density at radius 1 is 0.289 bits per heavy atom. The van der Waals surface area contributed by atoms with E-state index in [4.69, 9.17) is 0 Å². The van der Waals surface area contributed by atoms with Gasteiger partial charge in [0, 0.05) is 0 Å². The van der Waals surface area contributed by atoms with Gasteiger partial charge in [-0.3, -0.25) is 0 Å². The molecule has 0 aliphatic heterocycles. The Balaban J connectivity index is 2.27. The minimum absolute atomic E-state index is 0.363. The van der Waals surface area contributed by atoms with E-state index in [1.165, 1.54) is 0 Å². The van der Waals surface area contributed by atoms with Gasteiger partial charge in [-0.1, -0.05) is 0 Å². The third-order valence-corrected chi connectivity index (χ3v) is 11.7. The summed E-state index contributed by atoms with van der Waals surface area (Å²) in [4.78, 5) is -10.8. The number of sulfone groups is 3. The summed E-state index contributed by atoms with van der Waals surface area (Å²) in [7, 11) is -17.5. The Hall–Kier alpha value is -5.67. The molecule has 240 valence electrons. The normalized spacial score (nSPS) is 12.3. The van der Waals surface area contributed by atoms with Crippen LogP contribution in [0, 0.1) is 0 Å². The number of hydrogen-bond acceptors (Lipinski definition) is 18.